The van der Waals surface area contributed by atoms with E-state index in [1.807, 2.05) is 6.07 Å². The molecule has 0 aliphatic heterocycles. The van der Waals surface area contributed by atoms with Gasteiger partial charge in [0.25, 0.3) is 5.91 Å². The summed E-state index contributed by atoms with van der Waals surface area (Å²) in [6.07, 6.45) is 10.1. The Morgan fingerprint density at radius 1 is 1.12 bits per heavy atom. The monoisotopic (exact) mass is 355 g/mol. The maximum atomic E-state index is 12.3. The van der Waals surface area contributed by atoms with Gasteiger partial charge in [-0.2, -0.15) is 0 Å². The van der Waals surface area contributed by atoms with Crippen LogP contribution in [0.25, 0.3) is 0 Å². The van der Waals surface area contributed by atoms with Crippen LogP contribution in [0.4, 0.5) is 11.4 Å². The maximum Gasteiger partial charge on any atom is 0.274 e. The summed E-state index contributed by atoms with van der Waals surface area (Å²) < 4.78 is 0. The third-order valence-corrected chi connectivity index (χ3v) is 4.51. The molecular formula is C20H22ClN3O. The molecule has 1 heterocycles. The fraction of sp³-hybridized carbons (Fsp3) is 0.300. The van der Waals surface area contributed by atoms with Gasteiger partial charge in [0, 0.05) is 29.1 Å². The van der Waals surface area contributed by atoms with Crippen LogP contribution in [0.15, 0.2) is 54.2 Å². The van der Waals surface area contributed by atoms with E-state index in [-0.39, 0.29) is 5.91 Å². The number of carbonyl (C=O) groups is 1. The van der Waals surface area contributed by atoms with Gasteiger partial charge in [-0.1, -0.05) is 23.3 Å². The Bertz CT molecular complexity index is 756. The van der Waals surface area contributed by atoms with E-state index in [9.17, 15) is 4.79 Å². The predicted molar refractivity (Wildman–Crippen MR) is 103 cm³/mol. The second kappa shape index (κ2) is 8.67. The van der Waals surface area contributed by atoms with Crippen molar-refractivity contribution in [2.45, 2.75) is 32.1 Å². The molecule has 0 unspecified atom stereocenters. The Kier molecular flexibility index (Phi) is 6.07. The Balaban J connectivity index is 1.55. The first kappa shape index (κ1) is 17.5. The van der Waals surface area contributed by atoms with Gasteiger partial charge >= 0.3 is 0 Å². The molecule has 130 valence electrons. The molecule has 0 saturated heterocycles. The molecule has 0 spiro atoms. The number of hydrogen-bond donors (Lipinski definition) is 2. The number of amides is 1. The Morgan fingerprint density at radius 2 is 1.96 bits per heavy atom. The van der Waals surface area contributed by atoms with Gasteiger partial charge in [0.15, 0.2) is 0 Å². The molecule has 1 aliphatic carbocycles. The number of allylic oxidation sites excluding steroid dienone is 1. The molecule has 5 heteroatoms. The van der Waals surface area contributed by atoms with Crippen LogP contribution in [-0.4, -0.2) is 17.4 Å². The maximum absolute atomic E-state index is 12.3. The van der Waals surface area contributed by atoms with Crippen molar-refractivity contribution in [3.8, 4) is 0 Å². The number of carbonyl (C=O) groups excluding carboxylic acids is 1. The van der Waals surface area contributed by atoms with Crippen LogP contribution >= 0.6 is 11.6 Å². The molecule has 0 bridgehead atoms. The van der Waals surface area contributed by atoms with Crippen LogP contribution in [0.1, 0.15) is 42.6 Å². The number of pyridine rings is 1. The number of anilines is 2. The molecule has 1 aliphatic rings. The summed E-state index contributed by atoms with van der Waals surface area (Å²) in [5.41, 5.74) is 3.52. The predicted octanol–water partition coefficient (Wildman–Crippen LogP) is 5.29. The summed E-state index contributed by atoms with van der Waals surface area (Å²) in [4.78, 5) is 16.5. The van der Waals surface area contributed by atoms with Crippen molar-refractivity contribution in [1.29, 1.82) is 0 Å². The highest BCUT2D eigenvalue weighted by Crippen LogP contribution is 2.20. The minimum absolute atomic E-state index is 0.235. The first-order valence-corrected chi connectivity index (χ1v) is 9.03. The fourth-order valence-electron chi connectivity index (χ4n) is 2.89. The summed E-state index contributed by atoms with van der Waals surface area (Å²) in [6, 6.07) is 10.7. The number of hydrogen-bond acceptors (Lipinski definition) is 3. The summed E-state index contributed by atoms with van der Waals surface area (Å²) in [7, 11) is 0. The van der Waals surface area contributed by atoms with Crippen molar-refractivity contribution in [3.05, 3.63) is 65.0 Å². The zero-order chi connectivity index (χ0) is 17.5. The molecule has 2 N–H and O–H groups in total. The van der Waals surface area contributed by atoms with Crippen LogP contribution < -0.4 is 10.6 Å². The van der Waals surface area contributed by atoms with Crippen LogP contribution in [0, 0.1) is 0 Å². The number of aromatic nitrogens is 1. The lowest BCUT2D eigenvalue weighted by Gasteiger charge is -2.13. The molecule has 1 amide bonds. The van der Waals surface area contributed by atoms with Crippen molar-refractivity contribution < 1.29 is 4.79 Å². The average Bonchev–Trinajstić information content (AvgIpc) is 2.65. The van der Waals surface area contributed by atoms with Crippen LogP contribution in [0.5, 0.6) is 0 Å². The van der Waals surface area contributed by atoms with Crippen molar-refractivity contribution >= 4 is 28.9 Å². The van der Waals surface area contributed by atoms with Gasteiger partial charge in [-0.15, -0.1) is 0 Å². The molecule has 3 rings (SSSR count). The highest BCUT2D eigenvalue weighted by Gasteiger charge is 2.09. The molecule has 2 aromatic rings. The smallest absolute Gasteiger partial charge is 0.274 e. The third-order valence-electron chi connectivity index (χ3n) is 4.25. The molecule has 0 atom stereocenters. The summed E-state index contributed by atoms with van der Waals surface area (Å²) in [5, 5.41) is 6.84. The first-order chi connectivity index (χ1) is 12.2. The van der Waals surface area contributed by atoms with Crippen LogP contribution in [-0.2, 0) is 0 Å². The van der Waals surface area contributed by atoms with Crippen molar-refractivity contribution in [2.24, 2.45) is 0 Å². The molecule has 4 nitrogen and oxygen atoms in total. The van der Waals surface area contributed by atoms with Crippen LogP contribution in [0.3, 0.4) is 0 Å². The number of halogens is 1. The normalized spacial score (nSPS) is 13.9. The summed E-state index contributed by atoms with van der Waals surface area (Å²) >= 11 is 5.85. The van der Waals surface area contributed by atoms with Gasteiger partial charge in [-0.25, -0.2) is 0 Å². The SMILES string of the molecule is O=C(Nc1ccc(Cl)cc1)c1cc(NCCC2=CCCCC2)ccn1. The molecule has 1 aromatic carbocycles. The minimum atomic E-state index is -0.235. The molecule has 0 saturated carbocycles. The zero-order valence-electron chi connectivity index (χ0n) is 14.1. The van der Waals surface area contributed by atoms with E-state index in [2.05, 4.69) is 21.7 Å². The minimum Gasteiger partial charge on any atom is -0.385 e. The van der Waals surface area contributed by atoms with E-state index < -0.39 is 0 Å². The molecule has 0 fully saturated rings. The lowest BCUT2D eigenvalue weighted by Crippen LogP contribution is -2.14. The lowest BCUT2D eigenvalue weighted by atomic mass is 9.97. The standard InChI is InChI=1S/C20H22ClN3O/c21-16-6-8-17(9-7-16)24-20(25)19-14-18(11-13-23-19)22-12-10-15-4-2-1-3-5-15/h4,6-9,11,13-14H,1-3,5,10,12H2,(H,22,23)(H,24,25). The third kappa shape index (κ3) is 5.33. The Labute approximate surface area is 153 Å². The van der Waals surface area contributed by atoms with E-state index in [0.717, 1.165) is 18.7 Å². The largest absolute Gasteiger partial charge is 0.385 e. The summed E-state index contributed by atoms with van der Waals surface area (Å²) in [6.45, 7) is 0.869. The van der Waals surface area contributed by atoms with Gasteiger partial charge < -0.3 is 10.6 Å². The van der Waals surface area contributed by atoms with Gasteiger partial charge in [0.2, 0.25) is 0 Å². The van der Waals surface area contributed by atoms with E-state index >= 15 is 0 Å². The summed E-state index contributed by atoms with van der Waals surface area (Å²) in [5.74, 6) is -0.235. The Morgan fingerprint density at radius 3 is 2.72 bits per heavy atom. The number of benzene rings is 1. The highest BCUT2D eigenvalue weighted by molar-refractivity contribution is 6.30. The van der Waals surface area contributed by atoms with Gasteiger partial charge in [0.1, 0.15) is 5.69 Å². The quantitative estimate of drug-likeness (QED) is 0.692. The second-order valence-corrected chi connectivity index (χ2v) is 6.61. The second-order valence-electron chi connectivity index (χ2n) is 6.18. The average molecular weight is 356 g/mol. The number of nitrogens with zero attached hydrogens (tertiary/aromatic N) is 1. The Hall–Kier alpha value is -2.33. The zero-order valence-corrected chi connectivity index (χ0v) is 14.9. The molecule has 25 heavy (non-hydrogen) atoms. The highest BCUT2D eigenvalue weighted by atomic mass is 35.5. The van der Waals surface area contributed by atoms with Gasteiger partial charge in [0.05, 0.1) is 0 Å². The number of nitrogens with one attached hydrogen (secondary N) is 2. The van der Waals surface area contributed by atoms with Gasteiger partial charge in [-0.3, -0.25) is 9.78 Å². The topological polar surface area (TPSA) is 54.0 Å². The van der Waals surface area contributed by atoms with E-state index in [4.69, 9.17) is 11.6 Å². The number of rotatable bonds is 6. The van der Waals surface area contributed by atoms with Crippen LogP contribution in [0.2, 0.25) is 5.02 Å². The van der Waals surface area contributed by atoms with Crippen molar-refractivity contribution in [1.82, 2.24) is 4.98 Å². The van der Waals surface area contributed by atoms with Crippen molar-refractivity contribution in [2.75, 3.05) is 17.2 Å². The van der Waals surface area contributed by atoms with E-state index in [1.165, 1.54) is 31.3 Å². The lowest BCUT2D eigenvalue weighted by molar-refractivity contribution is 0.102. The van der Waals surface area contributed by atoms with E-state index in [0.29, 0.717) is 16.4 Å². The first-order valence-electron chi connectivity index (χ1n) is 8.65. The fourth-order valence-corrected chi connectivity index (χ4v) is 3.02. The molecular weight excluding hydrogens is 334 g/mol. The van der Waals surface area contributed by atoms with Crippen molar-refractivity contribution in [3.63, 3.8) is 0 Å². The molecule has 1 aromatic heterocycles. The molecule has 0 radical (unpaired) electrons. The van der Waals surface area contributed by atoms with Gasteiger partial charge in [-0.05, 0) is 68.5 Å². The van der Waals surface area contributed by atoms with E-state index in [1.54, 1.807) is 36.5 Å².